The van der Waals surface area contributed by atoms with E-state index in [-0.39, 0.29) is 4.90 Å². The third kappa shape index (κ3) is 3.94. The van der Waals surface area contributed by atoms with Crippen molar-refractivity contribution in [1.82, 2.24) is 4.72 Å². The van der Waals surface area contributed by atoms with E-state index >= 15 is 0 Å². The Kier molecular flexibility index (Phi) is 4.61. The van der Waals surface area contributed by atoms with Crippen LogP contribution in [0.5, 0.6) is 5.75 Å². The summed E-state index contributed by atoms with van der Waals surface area (Å²) in [6, 6.07) is 5.70. The molecule has 20 heavy (non-hydrogen) atoms. The van der Waals surface area contributed by atoms with Crippen molar-refractivity contribution in [2.75, 3.05) is 13.2 Å². The summed E-state index contributed by atoms with van der Waals surface area (Å²) in [4.78, 5) is 10.5. The molecule has 0 saturated heterocycles. The molecule has 110 valence electrons. The Morgan fingerprint density at radius 2 is 1.95 bits per heavy atom. The molecule has 1 aromatic rings. The number of carbonyl (C=O) groups is 1. The molecule has 1 aliphatic rings. The molecule has 0 aromatic heterocycles. The molecule has 1 aromatic carbocycles. The van der Waals surface area contributed by atoms with Crippen LogP contribution in [0.4, 0.5) is 0 Å². The largest absolute Gasteiger partial charge is 0.482 e. The van der Waals surface area contributed by atoms with Crippen LogP contribution in [0.2, 0.25) is 0 Å². The van der Waals surface area contributed by atoms with E-state index in [1.54, 1.807) is 0 Å². The lowest BCUT2D eigenvalue weighted by Gasteiger charge is -2.25. The molecular weight excluding hydrogens is 282 g/mol. The Labute approximate surface area is 117 Å². The molecule has 0 spiro atoms. The van der Waals surface area contributed by atoms with Crippen molar-refractivity contribution in [3.05, 3.63) is 24.3 Å². The van der Waals surface area contributed by atoms with Gasteiger partial charge in [-0.1, -0.05) is 6.42 Å². The highest BCUT2D eigenvalue weighted by atomic mass is 32.2. The van der Waals surface area contributed by atoms with Crippen LogP contribution in [0.3, 0.4) is 0 Å². The number of aliphatic carboxylic acids is 1. The predicted molar refractivity (Wildman–Crippen MR) is 72.1 cm³/mol. The van der Waals surface area contributed by atoms with E-state index in [4.69, 9.17) is 9.84 Å². The summed E-state index contributed by atoms with van der Waals surface area (Å²) in [7, 11) is -3.50. The first-order chi connectivity index (χ1) is 9.47. The molecule has 0 heterocycles. The quantitative estimate of drug-likeness (QED) is 0.790. The van der Waals surface area contributed by atoms with E-state index in [1.165, 1.54) is 30.7 Å². The molecule has 2 rings (SSSR count). The van der Waals surface area contributed by atoms with Crippen LogP contribution >= 0.6 is 0 Å². The molecular formula is C13H17NO5S. The molecule has 0 unspecified atom stereocenters. The maximum atomic E-state index is 12.0. The monoisotopic (exact) mass is 299 g/mol. The zero-order valence-corrected chi connectivity index (χ0v) is 11.7. The fourth-order valence-corrected chi connectivity index (χ4v) is 2.98. The molecule has 6 nitrogen and oxygen atoms in total. The first-order valence-electron chi connectivity index (χ1n) is 6.42. The van der Waals surface area contributed by atoms with Crippen LogP contribution < -0.4 is 9.46 Å². The van der Waals surface area contributed by atoms with Crippen LogP contribution in [-0.2, 0) is 14.8 Å². The summed E-state index contributed by atoms with van der Waals surface area (Å²) < 4.78 is 31.5. The van der Waals surface area contributed by atoms with Crippen LogP contribution in [0.15, 0.2) is 29.2 Å². The van der Waals surface area contributed by atoms with E-state index in [2.05, 4.69) is 4.72 Å². The van der Waals surface area contributed by atoms with E-state index in [0.717, 1.165) is 12.8 Å². The molecule has 0 radical (unpaired) electrons. The second-order valence-corrected chi connectivity index (χ2v) is 6.57. The topological polar surface area (TPSA) is 92.7 Å². The van der Waals surface area contributed by atoms with Gasteiger partial charge in [-0.05, 0) is 43.0 Å². The highest BCUT2D eigenvalue weighted by molar-refractivity contribution is 7.89. The lowest BCUT2D eigenvalue weighted by Crippen LogP contribution is -2.32. The van der Waals surface area contributed by atoms with Gasteiger partial charge in [-0.15, -0.1) is 0 Å². The summed E-state index contributed by atoms with van der Waals surface area (Å²) in [5, 5.41) is 8.48. The predicted octanol–water partition coefficient (Wildman–Crippen LogP) is 1.23. The van der Waals surface area contributed by atoms with Crippen molar-refractivity contribution in [3.8, 4) is 5.75 Å². The van der Waals surface area contributed by atoms with E-state index in [9.17, 15) is 13.2 Å². The number of hydrogen-bond acceptors (Lipinski definition) is 4. The number of hydrogen-bond donors (Lipinski definition) is 2. The summed E-state index contributed by atoms with van der Waals surface area (Å²) >= 11 is 0. The molecule has 1 aliphatic carbocycles. The molecule has 0 bridgehead atoms. The number of sulfonamides is 1. The van der Waals surface area contributed by atoms with Gasteiger partial charge in [0, 0.05) is 6.54 Å². The number of ether oxygens (including phenoxy) is 1. The molecule has 2 N–H and O–H groups in total. The van der Waals surface area contributed by atoms with Gasteiger partial charge in [-0.3, -0.25) is 0 Å². The van der Waals surface area contributed by atoms with Crippen LogP contribution in [0.25, 0.3) is 0 Å². The van der Waals surface area contributed by atoms with E-state index in [1.807, 2.05) is 0 Å². The van der Waals surface area contributed by atoms with Crippen molar-refractivity contribution in [2.24, 2.45) is 5.92 Å². The minimum Gasteiger partial charge on any atom is -0.482 e. The number of benzene rings is 1. The van der Waals surface area contributed by atoms with Crippen molar-refractivity contribution < 1.29 is 23.1 Å². The lowest BCUT2D eigenvalue weighted by molar-refractivity contribution is -0.139. The SMILES string of the molecule is O=C(O)COc1ccc(S(=O)(=O)NCC2CCC2)cc1. The van der Waals surface area contributed by atoms with Crippen molar-refractivity contribution in [1.29, 1.82) is 0 Å². The van der Waals surface area contributed by atoms with Gasteiger partial charge in [0.1, 0.15) is 5.75 Å². The average molecular weight is 299 g/mol. The first kappa shape index (κ1) is 14.8. The van der Waals surface area contributed by atoms with Gasteiger partial charge in [0.2, 0.25) is 10.0 Å². The van der Waals surface area contributed by atoms with Gasteiger partial charge in [-0.25, -0.2) is 17.9 Å². The standard InChI is InChI=1S/C13H17NO5S/c15-13(16)9-19-11-4-6-12(7-5-11)20(17,18)14-8-10-2-1-3-10/h4-7,10,14H,1-3,8-9H2,(H,15,16). The summed E-state index contributed by atoms with van der Waals surface area (Å²) in [5.74, 6) is -0.308. The van der Waals surface area contributed by atoms with Gasteiger partial charge in [-0.2, -0.15) is 0 Å². The fourth-order valence-electron chi connectivity index (χ4n) is 1.87. The molecule has 1 saturated carbocycles. The van der Waals surface area contributed by atoms with Crippen LogP contribution in [0.1, 0.15) is 19.3 Å². The summed E-state index contributed by atoms with van der Waals surface area (Å²) in [6.45, 7) is 0.0195. The third-order valence-electron chi connectivity index (χ3n) is 3.28. The minimum absolute atomic E-state index is 0.152. The average Bonchev–Trinajstić information content (AvgIpc) is 2.35. The normalized spacial score (nSPS) is 15.6. The highest BCUT2D eigenvalue weighted by Gasteiger charge is 2.21. The Balaban J connectivity index is 1.94. The van der Waals surface area contributed by atoms with Crippen LogP contribution in [0, 0.1) is 5.92 Å². The maximum Gasteiger partial charge on any atom is 0.341 e. The Bertz CT molecular complexity index is 563. The Morgan fingerprint density at radius 1 is 1.30 bits per heavy atom. The number of rotatable bonds is 7. The summed E-state index contributed by atoms with van der Waals surface area (Å²) in [6.07, 6.45) is 3.32. The van der Waals surface area contributed by atoms with E-state index < -0.39 is 22.6 Å². The van der Waals surface area contributed by atoms with Gasteiger partial charge >= 0.3 is 5.97 Å². The number of carboxylic acids is 1. The Morgan fingerprint density at radius 3 is 2.45 bits per heavy atom. The van der Waals surface area contributed by atoms with E-state index in [0.29, 0.717) is 18.2 Å². The maximum absolute atomic E-state index is 12.0. The van der Waals surface area contributed by atoms with Gasteiger partial charge in [0.25, 0.3) is 0 Å². The van der Waals surface area contributed by atoms with Crippen molar-refractivity contribution in [3.63, 3.8) is 0 Å². The zero-order valence-electron chi connectivity index (χ0n) is 10.9. The van der Waals surface area contributed by atoms with Crippen molar-refractivity contribution >= 4 is 16.0 Å². The van der Waals surface area contributed by atoms with Crippen LogP contribution in [-0.4, -0.2) is 32.6 Å². The molecule has 0 atom stereocenters. The second-order valence-electron chi connectivity index (χ2n) is 4.80. The summed E-state index contributed by atoms with van der Waals surface area (Å²) in [5.41, 5.74) is 0. The van der Waals surface area contributed by atoms with Gasteiger partial charge in [0.05, 0.1) is 4.90 Å². The lowest BCUT2D eigenvalue weighted by atomic mass is 9.86. The molecule has 7 heteroatoms. The van der Waals surface area contributed by atoms with Crippen molar-refractivity contribution in [2.45, 2.75) is 24.2 Å². The Hall–Kier alpha value is -1.60. The minimum atomic E-state index is -3.50. The molecule has 1 fully saturated rings. The fraction of sp³-hybridized carbons (Fsp3) is 0.462. The second kappa shape index (κ2) is 6.23. The number of nitrogens with one attached hydrogen (secondary N) is 1. The molecule has 0 amide bonds. The third-order valence-corrected chi connectivity index (χ3v) is 4.72. The highest BCUT2D eigenvalue weighted by Crippen LogP contribution is 2.26. The van der Waals surface area contributed by atoms with Gasteiger partial charge < -0.3 is 9.84 Å². The smallest absolute Gasteiger partial charge is 0.341 e. The van der Waals surface area contributed by atoms with Gasteiger partial charge in [0.15, 0.2) is 6.61 Å². The first-order valence-corrected chi connectivity index (χ1v) is 7.90. The zero-order chi connectivity index (χ0) is 14.6. The molecule has 0 aliphatic heterocycles. The number of carboxylic acid groups (broad SMARTS) is 1.